The summed E-state index contributed by atoms with van der Waals surface area (Å²) in [5.41, 5.74) is 2.49. The van der Waals surface area contributed by atoms with Crippen LogP contribution in [0.15, 0.2) is 24.3 Å². The molecular weight excluding hydrogens is 224 g/mol. The Balaban J connectivity index is 2.09. The minimum atomic E-state index is 0.0251. The second kappa shape index (κ2) is 5.89. The molecule has 18 heavy (non-hydrogen) atoms. The number of nitrogens with one attached hydrogen (secondary N) is 1. The molecule has 0 spiro atoms. The summed E-state index contributed by atoms with van der Waals surface area (Å²) >= 11 is 0. The molecule has 3 heteroatoms. The van der Waals surface area contributed by atoms with E-state index in [-0.39, 0.29) is 5.91 Å². The number of benzene rings is 1. The van der Waals surface area contributed by atoms with E-state index in [1.54, 1.807) is 6.92 Å². The zero-order chi connectivity index (χ0) is 13.0. The third kappa shape index (κ3) is 3.25. The van der Waals surface area contributed by atoms with Crippen molar-refractivity contribution in [3.05, 3.63) is 29.8 Å². The summed E-state index contributed by atoms with van der Waals surface area (Å²) in [5.74, 6) is 0.862. The van der Waals surface area contributed by atoms with E-state index in [1.807, 2.05) is 6.07 Å². The van der Waals surface area contributed by atoms with Crippen molar-refractivity contribution >= 4 is 11.6 Å². The quantitative estimate of drug-likeness (QED) is 0.889. The Kier molecular flexibility index (Phi) is 4.24. The van der Waals surface area contributed by atoms with Crippen molar-refractivity contribution in [2.24, 2.45) is 5.92 Å². The number of anilines is 1. The molecule has 1 aromatic carbocycles. The van der Waals surface area contributed by atoms with E-state index in [2.05, 4.69) is 35.3 Å². The van der Waals surface area contributed by atoms with Crippen LogP contribution in [0.25, 0.3) is 0 Å². The highest BCUT2D eigenvalue weighted by Crippen LogP contribution is 2.26. The maximum atomic E-state index is 11.0. The van der Waals surface area contributed by atoms with Crippen molar-refractivity contribution in [2.75, 3.05) is 18.0 Å². The lowest BCUT2D eigenvalue weighted by molar-refractivity contribution is -0.119. The van der Waals surface area contributed by atoms with Crippen LogP contribution in [-0.2, 0) is 11.3 Å². The summed E-state index contributed by atoms with van der Waals surface area (Å²) in [5, 5.41) is 2.88. The van der Waals surface area contributed by atoms with Gasteiger partial charge < -0.3 is 10.2 Å². The zero-order valence-corrected chi connectivity index (χ0v) is 11.3. The van der Waals surface area contributed by atoms with Gasteiger partial charge >= 0.3 is 0 Å². The van der Waals surface area contributed by atoms with Gasteiger partial charge in [0.25, 0.3) is 0 Å². The van der Waals surface area contributed by atoms with E-state index >= 15 is 0 Å². The van der Waals surface area contributed by atoms with Crippen LogP contribution in [0, 0.1) is 5.92 Å². The predicted octanol–water partition coefficient (Wildman–Crippen LogP) is 2.56. The van der Waals surface area contributed by atoms with Gasteiger partial charge in [0.1, 0.15) is 0 Å². The summed E-state index contributed by atoms with van der Waals surface area (Å²) in [4.78, 5) is 13.5. The van der Waals surface area contributed by atoms with Crippen molar-refractivity contribution in [1.82, 2.24) is 5.32 Å². The normalized spacial score (nSPS) is 16.7. The van der Waals surface area contributed by atoms with E-state index in [4.69, 9.17) is 0 Å². The van der Waals surface area contributed by atoms with Gasteiger partial charge in [0.2, 0.25) is 5.91 Å². The molecule has 98 valence electrons. The number of piperidine rings is 1. The third-order valence-electron chi connectivity index (χ3n) is 3.64. The molecule has 0 unspecified atom stereocenters. The summed E-state index contributed by atoms with van der Waals surface area (Å²) < 4.78 is 0. The highest BCUT2D eigenvalue weighted by Gasteiger charge is 2.17. The number of hydrogen-bond donors (Lipinski definition) is 1. The molecule has 1 heterocycles. The fourth-order valence-electron chi connectivity index (χ4n) is 2.44. The Morgan fingerprint density at radius 2 is 2.00 bits per heavy atom. The van der Waals surface area contributed by atoms with Gasteiger partial charge in [0.05, 0.1) is 0 Å². The molecule has 0 atom stereocenters. The van der Waals surface area contributed by atoms with E-state index in [1.165, 1.54) is 24.1 Å². The molecule has 2 rings (SSSR count). The van der Waals surface area contributed by atoms with Crippen molar-refractivity contribution in [1.29, 1.82) is 0 Å². The first-order chi connectivity index (χ1) is 8.66. The number of carbonyl (C=O) groups is 1. The van der Waals surface area contributed by atoms with Crippen LogP contribution in [0.2, 0.25) is 0 Å². The number of rotatable bonds is 3. The van der Waals surface area contributed by atoms with Crippen LogP contribution >= 0.6 is 0 Å². The Morgan fingerprint density at radius 1 is 1.33 bits per heavy atom. The monoisotopic (exact) mass is 246 g/mol. The van der Waals surface area contributed by atoms with Gasteiger partial charge in [0, 0.05) is 32.2 Å². The maximum Gasteiger partial charge on any atom is 0.217 e. The van der Waals surface area contributed by atoms with Gasteiger partial charge in [-0.15, -0.1) is 0 Å². The van der Waals surface area contributed by atoms with Gasteiger partial charge in [-0.3, -0.25) is 4.79 Å². The molecule has 1 amide bonds. The van der Waals surface area contributed by atoms with Crippen LogP contribution in [0.1, 0.15) is 32.3 Å². The minimum Gasteiger partial charge on any atom is -0.371 e. The number of carbonyl (C=O) groups excluding carboxylic acids is 1. The summed E-state index contributed by atoms with van der Waals surface area (Å²) in [6.45, 7) is 6.75. The van der Waals surface area contributed by atoms with Crippen LogP contribution in [0.3, 0.4) is 0 Å². The van der Waals surface area contributed by atoms with E-state index in [0.29, 0.717) is 6.54 Å². The third-order valence-corrected chi connectivity index (χ3v) is 3.64. The Labute approximate surface area is 109 Å². The number of hydrogen-bond acceptors (Lipinski definition) is 2. The van der Waals surface area contributed by atoms with Gasteiger partial charge in [-0.05, 0) is 30.4 Å². The molecule has 3 nitrogen and oxygen atoms in total. The number of nitrogens with zero attached hydrogens (tertiary/aromatic N) is 1. The molecule has 1 aliphatic heterocycles. The summed E-state index contributed by atoms with van der Waals surface area (Å²) in [6.07, 6.45) is 2.52. The lowest BCUT2D eigenvalue weighted by Gasteiger charge is -2.33. The molecule has 1 aliphatic rings. The lowest BCUT2D eigenvalue weighted by Crippen LogP contribution is -2.34. The molecule has 1 N–H and O–H groups in total. The van der Waals surface area contributed by atoms with Gasteiger partial charge in [-0.1, -0.05) is 25.1 Å². The second-order valence-corrected chi connectivity index (χ2v) is 5.21. The Morgan fingerprint density at radius 3 is 2.67 bits per heavy atom. The van der Waals surface area contributed by atoms with Gasteiger partial charge in [-0.2, -0.15) is 0 Å². The first-order valence-electron chi connectivity index (χ1n) is 6.74. The van der Waals surface area contributed by atoms with E-state index in [9.17, 15) is 4.79 Å². The average Bonchev–Trinajstić information content (AvgIpc) is 2.38. The van der Waals surface area contributed by atoms with Gasteiger partial charge in [-0.25, -0.2) is 0 Å². The Bertz CT molecular complexity index is 409. The molecule has 0 bridgehead atoms. The van der Waals surface area contributed by atoms with E-state index < -0.39 is 0 Å². The minimum absolute atomic E-state index is 0.0251. The molecule has 1 saturated heterocycles. The maximum absolute atomic E-state index is 11.0. The van der Waals surface area contributed by atoms with Crippen molar-refractivity contribution in [2.45, 2.75) is 33.2 Å². The second-order valence-electron chi connectivity index (χ2n) is 5.21. The molecule has 0 aromatic heterocycles. The molecular formula is C15H22N2O. The fraction of sp³-hybridized carbons (Fsp3) is 0.533. The smallest absolute Gasteiger partial charge is 0.217 e. The standard InChI is InChI=1S/C15H22N2O/c1-12-7-9-17(10-8-12)15-6-4-3-5-14(15)11-16-13(2)18/h3-6,12H,7-11H2,1-2H3,(H,16,18). The molecule has 1 fully saturated rings. The molecule has 0 radical (unpaired) electrons. The van der Waals surface area contributed by atoms with E-state index in [0.717, 1.165) is 19.0 Å². The van der Waals surface area contributed by atoms with Crippen molar-refractivity contribution in [3.63, 3.8) is 0 Å². The summed E-state index contributed by atoms with van der Waals surface area (Å²) in [6, 6.07) is 8.37. The van der Waals surface area contributed by atoms with Crippen LogP contribution in [0.4, 0.5) is 5.69 Å². The SMILES string of the molecule is CC(=O)NCc1ccccc1N1CCC(C)CC1. The molecule has 1 aromatic rings. The average molecular weight is 246 g/mol. The lowest BCUT2D eigenvalue weighted by atomic mass is 9.98. The van der Waals surface area contributed by atoms with Gasteiger partial charge in [0.15, 0.2) is 0 Å². The Hall–Kier alpha value is -1.51. The zero-order valence-electron chi connectivity index (χ0n) is 11.3. The topological polar surface area (TPSA) is 32.3 Å². The van der Waals surface area contributed by atoms with Crippen molar-refractivity contribution < 1.29 is 4.79 Å². The molecule has 0 saturated carbocycles. The van der Waals surface area contributed by atoms with Crippen LogP contribution < -0.4 is 10.2 Å². The predicted molar refractivity (Wildman–Crippen MR) is 74.6 cm³/mol. The highest BCUT2D eigenvalue weighted by atomic mass is 16.1. The first kappa shape index (κ1) is 12.9. The van der Waals surface area contributed by atoms with Crippen LogP contribution in [-0.4, -0.2) is 19.0 Å². The van der Waals surface area contributed by atoms with Crippen LogP contribution in [0.5, 0.6) is 0 Å². The summed E-state index contributed by atoms with van der Waals surface area (Å²) in [7, 11) is 0. The number of para-hydroxylation sites is 1. The number of amides is 1. The molecule has 0 aliphatic carbocycles. The highest BCUT2D eigenvalue weighted by molar-refractivity contribution is 5.73. The largest absolute Gasteiger partial charge is 0.371 e. The first-order valence-corrected chi connectivity index (χ1v) is 6.74. The van der Waals surface area contributed by atoms with Crippen molar-refractivity contribution in [3.8, 4) is 0 Å². The fourth-order valence-corrected chi connectivity index (χ4v) is 2.44.